The lowest BCUT2D eigenvalue weighted by atomic mass is 9.69. The van der Waals surface area contributed by atoms with Crippen molar-refractivity contribution in [2.45, 2.75) is 37.8 Å². The Morgan fingerprint density at radius 3 is 2.21 bits per heavy atom. The number of carbonyl (C=O) groups is 2. The molecule has 1 fully saturated rings. The Kier molecular flexibility index (Phi) is 5.97. The molecule has 3 aromatic rings. The summed E-state index contributed by atoms with van der Waals surface area (Å²) in [5.41, 5.74) is 0.470. The Labute approximate surface area is 193 Å². The number of aromatic nitrogens is 2. The van der Waals surface area contributed by atoms with Crippen LogP contribution in [0.25, 0.3) is 0 Å². The number of hydrogen-bond donors (Lipinski definition) is 0. The number of likely N-dealkylation sites (tertiary alicyclic amines) is 1. The summed E-state index contributed by atoms with van der Waals surface area (Å²) >= 11 is 0. The molecule has 2 heterocycles. The van der Waals surface area contributed by atoms with Crippen LogP contribution in [0.1, 0.15) is 42.8 Å². The maximum Gasteiger partial charge on any atom is 0.321 e. The number of benzene rings is 2. The minimum absolute atomic E-state index is 0.0339. The molecule has 1 aliphatic rings. The van der Waals surface area contributed by atoms with Crippen LogP contribution in [0.5, 0.6) is 0 Å². The van der Waals surface area contributed by atoms with Gasteiger partial charge in [-0.05, 0) is 49.6 Å². The molecule has 1 amide bonds. The predicted molar refractivity (Wildman–Crippen MR) is 124 cm³/mol. The van der Waals surface area contributed by atoms with E-state index >= 15 is 0 Å². The zero-order chi connectivity index (χ0) is 23.5. The fourth-order valence-corrected chi connectivity index (χ4v) is 4.12. The molecule has 0 radical (unpaired) electrons. The lowest BCUT2D eigenvalue weighted by molar-refractivity contribution is -0.155. The largest absolute Gasteiger partial charge is 0.460 e. The first kappa shape index (κ1) is 22.2. The highest BCUT2D eigenvalue weighted by Gasteiger charge is 2.64. The smallest absolute Gasteiger partial charge is 0.321 e. The summed E-state index contributed by atoms with van der Waals surface area (Å²) < 4.78 is 5.72. The number of carbonyl (C=O) groups excluding carboxylic acids is 2. The lowest BCUT2D eigenvalue weighted by Gasteiger charge is -2.40. The molecule has 1 aromatic heterocycles. The Hall–Kier alpha value is -3.98. The van der Waals surface area contributed by atoms with E-state index in [0.717, 1.165) is 11.1 Å². The Morgan fingerprint density at radius 1 is 0.970 bits per heavy atom. The summed E-state index contributed by atoms with van der Waals surface area (Å²) in [5, 5.41) is 8.59. The molecule has 1 unspecified atom stereocenters. The van der Waals surface area contributed by atoms with E-state index in [0.29, 0.717) is 11.4 Å². The zero-order valence-electron chi connectivity index (χ0n) is 18.9. The molecule has 0 spiro atoms. The van der Waals surface area contributed by atoms with Crippen LogP contribution in [0, 0.1) is 11.8 Å². The van der Waals surface area contributed by atoms with Crippen LogP contribution in [-0.2, 0) is 26.3 Å². The molecular weight excluding hydrogens is 414 g/mol. The van der Waals surface area contributed by atoms with Gasteiger partial charge in [-0.3, -0.25) is 9.59 Å². The van der Waals surface area contributed by atoms with E-state index in [1.54, 1.807) is 24.1 Å². The van der Waals surface area contributed by atoms with Gasteiger partial charge in [0.1, 0.15) is 17.7 Å². The van der Waals surface area contributed by atoms with Crippen molar-refractivity contribution in [3.05, 3.63) is 95.3 Å². The first-order chi connectivity index (χ1) is 15.8. The van der Waals surface area contributed by atoms with Crippen molar-refractivity contribution < 1.29 is 14.3 Å². The van der Waals surface area contributed by atoms with Gasteiger partial charge in [-0.1, -0.05) is 54.5 Å². The van der Waals surface area contributed by atoms with Crippen LogP contribution in [-0.4, -0.2) is 39.6 Å². The lowest BCUT2D eigenvalue weighted by Crippen LogP contribution is -2.56. The molecule has 1 atom stereocenters. The third-order valence-electron chi connectivity index (χ3n) is 6.45. The molecule has 0 bridgehead atoms. The van der Waals surface area contributed by atoms with Crippen molar-refractivity contribution >= 4 is 11.9 Å². The first-order valence-corrected chi connectivity index (χ1v) is 10.7. The van der Waals surface area contributed by atoms with Crippen LogP contribution in [0.4, 0.5) is 0 Å². The van der Waals surface area contributed by atoms with Crippen molar-refractivity contribution in [3.63, 3.8) is 0 Å². The zero-order valence-corrected chi connectivity index (χ0v) is 18.9. The van der Waals surface area contributed by atoms with Gasteiger partial charge in [0.25, 0.3) is 0 Å². The molecule has 4 rings (SSSR count). The van der Waals surface area contributed by atoms with Gasteiger partial charge >= 0.3 is 5.97 Å². The Morgan fingerprint density at radius 2 is 1.64 bits per heavy atom. The molecule has 1 saturated heterocycles. The number of ether oxygens (including phenoxy) is 1. The topological polar surface area (TPSA) is 72.4 Å². The maximum atomic E-state index is 13.5. The van der Waals surface area contributed by atoms with Gasteiger partial charge < -0.3 is 9.64 Å². The predicted octanol–water partition coefficient (Wildman–Crippen LogP) is 3.50. The van der Waals surface area contributed by atoms with Crippen LogP contribution < -0.4 is 0 Å². The normalized spacial score (nSPS) is 19.0. The van der Waals surface area contributed by atoms with E-state index in [-0.39, 0.29) is 18.9 Å². The van der Waals surface area contributed by atoms with E-state index < -0.39 is 16.9 Å². The standard InChI is InChI=1S/C27H25N3O3/c1-26(2)27(18-24(31)30(26)3,25(32)33-19-21-12-8-5-9-13-21)23-17-16-22(28-29-23)15-14-20-10-6-4-7-11-20/h4-13,16-17H,18-19H2,1-3H3. The molecule has 0 N–H and O–H groups in total. The Bertz CT molecular complexity index is 1210. The first-order valence-electron chi connectivity index (χ1n) is 10.7. The highest BCUT2D eigenvalue weighted by atomic mass is 16.5. The molecule has 6 nitrogen and oxygen atoms in total. The second kappa shape index (κ2) is 8.87. The van der Waals surface area contributed by atoms with E-state index in [1.807, 2.05) is 74.5 Å². The summed E-state index contributed by atoms with van der Waals surface area (Å²) in [7, 11) is 1.70. The summed E-state index contributed by atoms with van der Waals surface area (Å²) in [6, 6.07) is 22.5. The number of nitrogens with zero attached hydrogens (tertiary/aromatic N) is 3. The quantitative estimate of drug-likeness (QED) is 0.460. The van der Waals surface area contributed by atoms with Gasteiger partial charge in [-0.2, -0.15) is 5.10 Å². The molecule has 2 aromatic carbocycles. The van der Waals surface area contributed by atoms with Gasteiger partial charge in [-0.25, -0.2) is 0 Å². The molecule has 0 saturated carbocycles. The third-order valence-corrected chi connectivity index (χ3v) is 6.45. The van der Waals surface area contributed by atoms with Crippen LogP contribution >= 0.6 is 0 Å². The fraction of sp³-hybridized carbons (Fsp3) is 0.259. The minimum Gasteiger partial charge on any atom is -0.460 e. The summed E-state index contributed by atoms with van der Waals surface area (Å²) in [6.07, 6.45) is -0.0339. The molecule has 1 aliphatic heterocycles. The van der Waals surface area contributed by atoms with Crippen molar-refractivity contribution in [1.82, 2.24) is 15.1 Å². The van der Waals surface area contributed by atoms with E-state index in [1.165, 1.54) is 0 Å². The molecule has 33 heavy (non-hydrogen) atoms. The van der Waals surface area contributed by atoms with Crippen molar-refractivity contribution in [2.75, 3.05) is 7.05 Å². The number of esters is 1. The van der Waals surface area contributed by atoms with Crippen LogP contribution in [0.3, 0.4) is 0 Å². The van der Waals surface area contributed by atoms with Gasteiger partial charge in [0.15, 0.2) is 0 Å². The number of amides is 1. The molecular formula is C27H25N3O3. The average molecular weight is 440 g/mol. The van der Waals surface area contributed by atoms with Crippen LogP contribution in [0.2, 0.25) is 0 Å². The van der Waals surface area contributed by atoms with Crippen molar-refractivity contribution in [2.24, 2.45) is 0 Å². The van der Waals surface area contributed by atoms with Gasteiger partial charge in [0.2, 0.25) is 5.91 Å². The van der Waals surface area contributed by atoms with Gasteiger partial charge in [0.05, 0.1) is 17.7 Å². The number of hydrogen-bond acceptors (Lipinski definition) is 5. The second-order valence-corrected chi connectivity index (χ2v) is 8.58. The highest BCUT2D eigenvalue weighted by molar-refractivity contribution is 5.96. The Balaban J connectivity index is 1.66. The van der Waals surface area contributed by atoms with Crippen molar-refractivity contribution in [1.29, 1.82) is 0 Å². The van der Waals surface area contributed by atoms with Gasteiger partial charge in [-0.15, -0.1) is 5.10 Å². The summed E-state index contributed by atoms with van der Waals surface area (Å²) in [6.45, 7) is 3.82. The number of rotatable bonds is 4. The summed E-state index contributed by atoms with van der Waals surface area (Å²) in [5.74, 6) is 5.39. The second-order valence-electron chi connectivity index (χ2n) is 8.58. The molecule has 6 heteroatoms. The van der Waals surface area contributed by atoms with E-state index in [2.05, 4.69) is 22.0 Å². The van der Waals surface area contributed by atoms with Crippen molar-refractivity contribution in [3.8, 4) is 11.8 Å². The fourth-order valence-electron chi connectivity index (χ4n) is 4.12. The van der Waals surface area contributed by atoms with Crippen LogP contribution in [0.15, 0.2) is 72.8 Å². The highest BCUT2D eigenvalue weighted by Crippen LogP contribution is 2.47. The average Bonchev–Trinajstić information content (AvgIpc) is 3.03. The third kappa shape index (κ3) is 4.10. The van der Waals surface area contributed by atoms with E-state index in [4.69, 9.17) is 4.74 Å². The number of likely N-dealkylation sites (N-methyl/N-ethyl adjacent to an activating group) is 1. The van der Waals surface area contributed by atoms with E-state index in [9.17, 15) is 9.59 Å². The van der Waals surface area contributed by atoms with Gasteiger partial charge in [0, 0.05) is 12.6 Å². The SMILES string of the molecule is CN1C(=O)CC(C(=O)OCc2ccccc2)(c2ccc(C#Cc3ccccc3)nn2)C1(C)C. The summed E-state index contributed by atoms with van der Waals surface area (Å²) in [4.78, 5) is 27.9. The maximum absolute atomic E-state index is 13.5. The monoisotopic (exact) mass is 439 g/mol. The minimum atomic E-state index is -1.29. The molecule has 166 valence electrons. The molecule has 0 aliphatic carbocycles.